The molecule has 1 saturated heterocycles. The molecule has 1 fully saturated rings. The monoisotopic (exact) mass is 407 g/mol. The van der Waals surface area contributed by atoms with Crippen molar-refractivity contribution in [1.29, 1.82) is 0 Å². The van der Waals surface area contributed by atoms with Crippen LogP contribution in [-0.4, -0.2) is 54.2 Å². The molecule has 26 heavy (non-hydrogen) atoms. The van der Waals surface area contributed by atoms with Crippen LogP contribution in [0.1, 0.15) is 11.4 Å². The number of rotatable bonds is 5. The molecule has 6 nitrogen and oxygen atoms in total. The maximum atomic E-state index is 12.7. The van der Waals surface area contributed by atoms with Crippen LogP contribution in [0.25, 0.3) is 0 Å². The average molecular weight is 408 g/mol. The number of pyridine rings is 1. The molecule has 2 aromatic rings. The third-order valence-electron chi connectivity index (χ3n) is 3.99. The molecule has 0 aliphatic carbocycles. The summed E-state index contributed by atoms with van der Waals surface area (Å²) in [5.74, 6) is 1.12. The van der Waals surface area contributed by atoms with Crippen LogP contribution in [0.5, 0.6) is 0 Å². The van der Waals surface area contributed by atoms with Crippen LogP contribution in [0.3, 0.4) is 0 Å². The topological polar surface area (TPSA) is 54.4 Å². The van der Waals surface area contributed by atoms with Crippen LogP contribution >= 0.6 is 23.1 Å². The Morgan fingerprint density at radius 1 is 1.23 bits per heavy atom. The maximum absolute atomic E-state index is 12.7. The summed E-state index contributed by atoms with van der Waals surface area (Å²) in [7, 11) is 1.63. The van der Waals surface area contributed by atoms with Crippen LogP contribution in [0.15, 0.2) is 12.3 Å². The Labute approximate surface area is 157 Å². The molecule has 11 heteroatoms. The second-order valence-corrected chi connectivity index (χ2v) is 6.87. The van der Waals surface area contributed by atoms with Gasteiger partial charge in [0.05, 0.1) is 17.2 Å². The van der Waals surface area contributed by atoms with Crippen LogP contribution in [0, 0.1) is 0 Å². The lowest BCUT2D eigenvalue weighted by Gasteiger charge is -2.35. The van der Waals surface area contributed by atoms with Crippen molar-refractivity contribution in [1.82, 2.24) is 14.3 Å². The van der Waals surface area contributed by atoms with Crippen molar-refractivity contribution in [3.63, 3.8) is 0 Å². The average Bonchev–Trinajstić information content (AvgIpc) is 3.08. The number of halogens is 4. The van der Waals surface area contributed by atoms with Gasteiger partial charge in [-0.3, -0.25) is 0 Å². The standard InChI is InChI=1S/C15H17ClF3N5OS/c1-25-7-2-12-21-14(26-22-12)24-5-3-23(4-6-24)13-11(16)8-10(9-20-13)15(17,18)19/h8-9H,2-7H2,1H3. The Morgan fingerprint density at radius 3 is 2.54 bits per heavy atom. The zero-order chi connectivity index (χ0) is 18.7. The Morgan fingerprint density at radius 2 is 1.92 bits per heavy atom. The fourth-order valence-electron chi connectivity index (χ4n) is 2.60. The molecule has 3 rings (SSSR count). The first-order valence-corrected chi connectivity index (χ1v) is 9.08. The number of alkyl halides is 3. The number of aromatic nitrogens is 3. The number of methoxy groups -OCH3 is 1. The Hall–Kier alpha value is -1.65. The fourth-order valence-corrected chi connectivity index (χ4v) is 3.65. The van der Waals surface area contributed by atoms with Crippen LogP contribution in [0.4, 0.5) is 24.1 Å². The highest BCUT2D eigenvalue weighted by molar-refractivity contribution is 7.09. The zero-order valence-electron chi connectivity index (χ0n) is 14.0. The molecular formula is C15H17ClF3N5OS. The zero-order valence-corrected chi connectivity index (χ0v) is 15.5. The van der Waals surface area contributed by atoms with Gasteiger partial charge >= 0.3 is 6.18 Å². The summed E-state index contributed by atoms with van der Waals surface area (Å²) < 4.78 is 47.5. The quantitative estimate of drug-likeness (QED) is 0.759. The van der Waals surface area contributed by atoms with Crippen molar-refractivity contribution in [2.45, 2.75) is 12.6 Å². The van der Waals surface area contributed by atoms with Crippen molar-refractivity contribution in [2.24, 2.45) is 0 Å². The van der Waals surface area contributed by atoms with Gasteiger partial charge in [-0.25, -0.2) is 9.97 Å². The largest absolute Gasteiger partial charge is 0.417 e. The minimum atomic E-state index is -4.45. The van der Waals surface area contributed by atoms with Gasteiger partial charge in [-0.05, 0) is 6.07 Å². The molecule has 2 aromatic heterocycles. The van der Waals surface area contributed by atoms with Gasteiger partial charge < -0.3 is 14.5 Å². The summed E-state index contributed by atoms with van der Waals surface area (Å²) in [6.07, 6.45) is -2.97. The van der Waals surface area contributed by atoms with Gasteiger partial charge in [-0.1, -0.05) is 11.6 Å². The summed E-state index contributed by atoms with van der Waals surface area (Å²) in [5, 5.41) is 0.841. The molecule has 0 N–H and O–H groups in total. The first-order valence-electron chi connectivity index (χ1n) is 7.92. The van der Waals surface area contributed by atoms with Gasteiger partial charge in [0.15, 0.2) is 0 Å². The Bertz CT molecular complexity index is 749. The molecule has 0 unspecified atom stereocenters. The number of piperazine rings is 1. The maximum Gasteiger partial charge on any atom is 0.417 e. The molecule has 1 aliphatic heterocycles. The number of nitrogens with zero attached hydrogens (tertiary/aromatic N) is 5. The lowest BCUT2D eigenvalue weighted by molar-refractivity contribution is -0.137. The Balaban J connectivity index is 1.62. The normalized spacial score (nSPS) is 15.6. The molecule has 0 saturated carbocycles. The molecule has 0 aromatic carbocycles. The first kappa shape index (κ1) is 19.1. The van der Waals surface area contributed by atoms with Gasteiger partial charge in [-0.15, -0.1) is 0 Å². The number of hydrogen-bond acceptors (Lipinski definition) is 7. The van der Waals surface area contributed by atoms with E-state index in [1.54, 1.807) is 7.11 Å². The van der Waals surface area contributed by atoms with Crippen molar-refractivity contribution in [3.8, 4) is 0 Å². The van der Waals surface area contributed by atoms with Crippen molar-refractivity contribution in [3.05, 3.63) is 28.7 Å². The second kappa shape index (κ2) is 7.93. The van der Waals surface area contributed by atoms with Gasteiger partial charge in [0.2, 0.25) is 5.13 Å². The molecule has 1 aliphatic rings. The molecule has 0 radical (unpaired) electrons. The number of hydrogen-bond donors (Lipinski definition) is 0. The predicted molar refractivity (Wildman–Crippen MR) is 94.2 cm³/mol. The van der Waals surface area contributed by atoms with E-state index in [-0.39, 0.29) is 5.02 Å². The van der Waals surface area contributed by atoms with Crippen molar-refractivity contribution >= 4 is 34.1 Å². The highest BCUT2D eigenvalue weighted by Crippen LogP contribution is 2.34. The highest BCUT2D eigenvalue weighted by atomic mass is 35.5. The van der Waals surface area contributed by atoms with Crippen LogP contribution in [0.2, 0.25) is 5.02 Å². The van der Waals surface area contributed by atoms with Gasteiger partial charge in [0, 0.05) is 57.4 Å². The number of anilines is 2. The Kier molecular flexibility index (Phi) is 5.83. The van der Waals surface area contributed by atoms with E-state index in [9.17, 15) is 13.2 Å². The second-order valence-electron chi connectivity index (χ2n) is 5.74. The van der Waals surface area contributed by atoms with Gasteiger partial charge in [0.25, 0.3) is 0 Å². The summed E-state index contributed by atoms with van der Waals surface area (Å²) in [5.41, 5.74) is -0.845. The van der Waals surface area contributed by atoms with E-state index < -0.39 is 11.7 Å². The van der Waals surface area contributed by atoms with E-state index >= 15 is 0 Å². The molecule has 142 valence electrons. The molecule has 0 amide bonds. The molecule has 0 atom stereocenters. The lowest BCUT2D eigenvalue weighted by atomic mass is 10.2. The summed E-state index contributed by atoms with van der Waals surface area (Å²) in [6, 6.07) is 0.920. The minimum Gasteiger partial charge on any atom is -0.384 e. The first-order chi connectivity index (χ1) is 12.4. The van der Waals surface area contributed by atoms with E-state index in [1.165, 1.54) is 11.5 Å². The molecule has 0 bridgehead atoms. The molecular weight excluding hydrogens is 391 g/mol. The molecule has 0 spiro atoms. The minimum absolute atomic E-state index is 0.00559. The summed E-state index contributed by atoms with van der Waals surface area (Å²) >= 11 is 7.36. The predicted octanol–water partition coefficient (Wildman–Crippen LogP) is 3.12. The van der Waals surface area contributed by atoms with Crippen LogP contribution < -0.4 is 9.80 Å². The smallest absolute Gasteiger partial charge is 0.384 e. The molecule has 3 heterocycles. The third kappa shape index (κ3) is 4.36. The van der Waals surface area contributed by atoms with E-state index in [1.807, 2.05) is 4.90 Å². The highest BCUT2D eigenvalue weighted by Gasteiger charge is 2.32. The third-order valence-corrected chi connectivity index (χ3v) is 5.08. The van der Waals surface area contributed by atoms with E-state index in [0.29, 0.717) is 45.0 Å². The van der Waals surface area contributed by atoms with Crippen molar-refractivity contribution < 1.29 is 17.9 Å². The van der Waals surface area contributed by atoms with E-state index in [0.717, 1.165) is 23.2 Å². The van der Waals surface area contributed by atoms with Crippen LogP contribution in [-0.2, 0) is 17.3 Å². The van der Waals surface area contributed by atoms with Gasteiger partial charge in [0.1, 0.15) is 11.6 Å². The van der Waals surface area contributed by atoms with E-state index in [4.69, 9.17) is 16.3 Å². The summed E-state index contributed by atoms with van der Waals surface area (Å²) in [6.45, 7) is 3.08. The fraction of sp³-hybridized carbons (Fsp3) is 0.533. The number of ether oxygens (including phenoxy) is 1. The SMILES string of the molecule is COCCc1nsc(N2CCN(c3ncc(C(F)(F)F)cc3Cl)CC2)n1. The van der Waals surface area contributed by atoms with E-state index in [2.05, 4.69) is 19.2 Å². The van der Waals surface area contributed by atoms with Gasteiger partial charge in [-0.2, -0.15) is 17.5 Å². The lowest BCUT2D eigenvalue weighted by Crippen LogP contribution is -2.47. The summed E-state index contributed by atoms with van der Waals surface area (Å²) in [4.78, 5) is 12.4. The van der Waals surface area contributed by atoms with Crippen molar-refractivity contribution in [2.75, 3.05) is 49.7 Å².